The maximum atomic E-state index is 12.2. The van der Waals surface area contributed by atoms with Crippen LogP contribution >= 0.6 is 0 Å². The molecule has 7 heteroatoms. The molecule has 7 nitrogen and oxygen atoms in total. The third-order valence-corrected chi connectivity index (χ3v) is 4.18. The Hall–Kier alpha value is -2.96. The van der Waals surface area contributed by atoms with Crippen LogP contribution in [0.4, 0.5) is 0 Å². The Kier molecular flexibility index (Phi) is 2.84. The Morgan fingerprint density at radius 3 is 2.43 bits per heavy atom. The van der Waals surface area contributed by atoms with E-state index in [1.54, 1.807) is 42.2 Å². The first-order chi connectivity index (χ1) is 11.1. The van der Waals surface area contributed by atoms with Crippen LogP contribution in [0.5, 0.6) is 0 Å². The lowest BCUT2D eigenvalue weighted by Crippen LogP contribution is -2.33. The van der Waals surface area contributed by atoms with Gasteiger partial charge in [-0.25, -0.2) is 4.79 Å². The third kappa shape index (κ3) is 2.12. The molecule has 1 saturated carbocycles. The van der Waals surface area contributed by atoms with E-state index in [1.807, 2.05) is 6.20 Å². The number of hydroxylamine groups is 2. The van der Waals surface area contributed by atoms with E-state index in [0.29, 0.717) is 11.5 Å². The number of rotatable bonds is 3. The number of aromatic nitrogens is 2. The number of carbonyl (C=O) groups is 3. The molecular formula is C16H13N3O4. The first-order valence-corrected chi connectivity index (χ1v) is 7.24. The van der Waals surface area contributed by atoms with Crippen molar-refractivity contribution in [3.05, 3.63) is 53.3 Å². The molecule has 0 saturated heterocycles. The molecule has 1 aliphatic heterocycles. The highest BCUT2D eigenvalue weighted by Crippen LogP contribution is 2.48. The molecule has 1 aromatic carbocycles. The van der Waals surface area contributed by atoms with E-state index in [2.05, 4.69) is 5.10 Å². The fraction of sp³-hybridized carbons (Fsp3) is 0.250. The van der Waals surface area contributed by atoms with Gasteiger partial charge in [-0.3, -0.25) is 14.3 Å². The van der Waals surface area contributed by atoms with Crippen LogP contribution in [-0.2, 0) is 16.7 Å². The summed E-state index contributed by atoms with van der Waals surface area (Å²) in [6.45, 7) is 0. The highest BCUT2D eigenvalue weighted by Gasteiger charge is 2.48. The van der Waals surface area contributed by atoms with Gasteiger partial charge in [-0.05, 0) is 24.1 Å². The Labute approximate surface area is 131 Å². The predicted molar refractivity (Wildman–Crippen MR) is 77.1 cm³/mol. The van der Waals surface area contributed by atoms with E-state index in [-0.39, 0.29) is 23.0 Å². The average Bonchev–Trinajstić information content (AvgIpc) is 3.19. The predicted octanol–water partition coefficient (Wildman–Crippen LogP) is 1.28. The summed E-state index contributed by atoms with van der Waals surface area (Å²) < 4.78 is 1.67. The fourth-order valence-electron chi connectivity index (χ4n) is 2.86. The summed E-state index contributed by atoms with van der Waals surface area (Å²) in [4.78, 5) is 41.6. The minimum absolute atomic E-state index is 0.0337. The van der Waals surface area contributed by atoms with Gasteiger partial charge in [0.15, 0.2) is 0 Å². The van der Waals surface area contributed by atoms with E-state index in [4.69, 9.17) is 4.84 Å². The minimum Gasteiger partial charge on any atom is -0.329 e. The van der Waals surface area contributed by atoms with Crippen LogP contribution in [0, 0.1) is 5.92 Å². The Bertz CT molecular complexity index is 806. The largest absolute Gasteiger partial charge is 0.336 e. The molecular weight excluding hydrogens is 298 g/mol. The summed E-state index contributed by atoms with van der Waals surface area (Å²) in [5.74, 6) is -2.07. The second-order valence-electron chi connectivity index (χ2n) is 5.76. The Balaban J connectivity index is 1.47. The lowest BCUT2D eigenvalue weighted by Gasteiger charge is -2.12. The van der Waals surface area contributed by atoms with Crippen LogP contribution in [0.3, 0.4) is 0 Å². The minimum atomic E-state index is -0.600. The van der Waals surface area contributed by atoms with Crippen LogP contribution in [-0.4, -0.2) is 32.6 Å². The molecule has 0 unspecified atom stereocenters. The molecule has 2 amide bonds. The van der Waals surface area contributed by atoms with Crippen molar-refractivity contribution in [1.82, 2.24) is 14.8 Å². The van der Waals surface area contributed by atoms with Crippen molar-refractivity contribution in [2.75, 3.05) is 0 Å². The molecule has 0 radical (unpaired) electrons. The zero-order valence-electron chi connectivity index (χ0n) is 12.3. The summed E-state index contributed by atoms with van der Waals surface area (Å²) in [5, 5.41) is 4.63. The second kappa shape index (κ2) is 4.77. The number of benzene rings is 1. The van der Waals surface area contributed by atoms with Gasteiger partial charge in [0.25, 0.3) is 11.8 Å². The highest BCUT2D eigenvalue weighted by atomic mass is 16.7. The van der Waals surface area contributed by atoms with Crippen molar-refractivity contribution in [1.29, 1.82) is 0 Å². The van der Waals surface area contributed by atoms with Gasteiger partial charge in [-0.2, -0.15) is 5.10 Å². The van der Waals surface area contributed by atoms with Crippen molar-refractivity contribution < 1.29 is 19.2 Å². The number of fused-ring (bicyclic) bond motifs is 1. The lowest BCUT2D eigenvalue weighted by atomic mass is 10.1. The molecule has 1 fully saturated rings. The number of imide groups is 1. The summed E-state index contributed by atoms with van der Waals surface area (Å²) in [7, 11) is 1.80. The van der Waals surface area contributed by atoms with Gasteiger partial charge in [0.2, 0.25) is 0 Å². The van der Waals surface area contributed by atoms with Gasteiger partial charge in [0, 0.05) is 19.2 Å². The molecule has 0 N–H and O–H groups in total. The summed E-state index contributed by atoms with van der Waals surface area (Å²) in [6.07, 6.45) is 4.19. The van der Waals surface area contributed by atoms with Crippen molar-refractivity contribution in [3.8, 4) is 0 Å². The molecule has 116 valence electrons. The molecule has 1 aromatic heterocycles. The Morgan fingerprint density at radius 2 is 1.87 bits per heavy atom. The van der Waals surface area contributed by atoms with Gasteiger partial charge < -0.3 is 4.84 Å². The van der Waals surface area contributed by atoms with Gasteiger partial charge in [-0.1, -0.05) is 17.2 Å². The second-order valence-corrected chi connectivity index (χ2v) is 5.76. The zero-order chi connectivity index (χ0) is 16.1. The van der Waals surface area contributed by atoms with Crippen molar-refractivity contribution >= 4 is 17.8 Å². The van der Waals surface area contributed by atoms with Gasteiger partial charge in [-0.15, -0.1) is 0 Å². The smallest absolute Gasteiger partial charge is 0.329 e. The maximum Gasteiger partial charge on any atom is 0.336 e. The molecule has 2 aliphatic rings. The molecule has 23 heavy (non-hydrogen) atoms. The van der Waals surface area contributed by atoms with Crippen molar-refractivity contribution in [2.45, 2.75) is 12.3 Å². The first-order valence-electron chi connectivity index (χ1n) is 7.24. The van der Waals surface area contributed by atoms with E-state index < -0.39 is 17.8 Å². The van der Waals surface area contributed by atoms with Crippen molar-refractivity contribution in [2.24, 2.45) is 13.0 Å². The van der Waals surface area contributed by atoms with Crippen LogP contribution in [0.25, 0.3) is 0 Å². The summed E-state index contributed by atoms with van der Waals surface area (Å²) >= 11 is 0. The average molecular weight is 311 g/mol. The number of amides is 2. The first kappa shape index (κ1) is 13.7. The van der Waals surface area contributed by atoms with E-state index in [1.165, 1.54) is 0 Å². The summed E-state index contributed by atoms with van der Waals surface area (Å²) in [5.41, 5.74) is 1.46. The molecule has 2 heterocycles. The number of hydrogen-bond donors (Lipinski definition) is 0. The highest BCUT2D eigenvalue weighted by molar-refractivity contribution is 6.20. The van der Waals surface area contributed by atoms with E-state index >= 15 is 0 Å². The lowest BCUT2D eigenvalue weighted by molar-refractivity contribution is -0.170. The number of carbonyl (C=O) groups excluding carboxylic acids is 3. The van der Waals surface area contributed by atoms with E-state index in [0.717, 1.165) is 5.56 Å². The quantitative estimate of drug-likeness (QED) is 0.798. The van der Waals surface area contributed by atoms with Gasteiger partial charge >= 0.3 is 5.97 Å². The fourth-order valence-corrected chi connectivity index (χ4v) is 2.86. The van der Waals surface area contributed by atoms with Crippen LogP contribution < -0.4 is 0 Å². The number of nitrogens with zero attached hydrogens (tertiary/aromatic N) is 3. The topological polar surface area (TPSA) is 81.5 Å². The molecule has 4 rings (SSSR count). The molecule has 2 atom stereocenters. The van der Waals surface area contributed by atoms with Crippen LogP contribution in [0.1, 0.15) is 38.6 Å². The SMILES string of the molecule is Cn1cc([C@@H]2C[C@H]2C(=O)ON2C(=O)c3ccccc3C2=O)cn1. The maximum absolute atomic E-state index is 12.2. The van der Waals surface area contributed by atoms with Crippen molar-refractivity contribution in [3.63, 3.8) is 0 Å². The molecule has 2 aromatic rings. The number of hydrogen-bond acceptors (Lipinski definition) is 5. The third-order valence-electron chi connectivity index (χ3n) is 4.18. The normalized spacial score (nSPS) is 22.2. The van der Waals surface area contributed by atoms with Gasteiger partial charge in [0.1, 0.15) is 0 Å². The molecule has 1 aliphatic carbocycles. The van der Waals surface area contributed by atoms with Crippen LogP contribution in [0.2, 0.25) is 0 Å². The standard InChI is InChI=1S/C16H13N3O4/c1-18-8-9(7-17-18)12-6-13(12)16(22)23-19-14(20)10-4-2-3-5-11(10)15(19)21/h2-5,7-8,12-13H,6H2,1H3/t12-,13+/m0/s1. The summed E-state index contributed by atoms with van der Waals surface area (Å²) in [6, 6.07) is 6.40. The Morgan fingerprint density at radius 1 is 1.22 bits per heavy atom. The molecule has 0 bridgehead atoms. The van der Waals surface area contributed by atoms with Gasteiger partial charge in [0.05, 0.1) is 23.2 Å². The zero-order valence-corrected chi connectivity index (χ0v) is 12.3. The monoisotopic (exact) mass is 311 g/mol. The van der Waals surface area contributed by atoms with Crippen LogP contribution in [0.15, 0.2) is 36.7 Å². The molecule has 0 spiro atoms. The number of aryl methyl sites for hydroxylation is 1. The van der Waals surface area contributed by atoms with E-state index in [9.17, 15) is 14.4 Å².